The summed E-state index contributed by atoms with van der Waals surface area (Å²) in [6, 6.07) is 3.63. The molecule has 142 valence electrons. The van der Waals surface area contributed by atoms with E-state index in [1.54, 1.807) is 19.9 Å². The van der Waals surface area contributed by atoms with E-state index in [2.05, 4.69) is 15.1 Å². The number of halogens is 2. The Morgan fingerprint density at radius 3 is 2.81 bits per heavy atom. The molecular weight excluding hydrogens is 358 g/mol. The first kappa shape index (κ1) is 17.4. The van der Waals surface area contributed by atoms with Crippen LogP contribution in [0.3, 0.4) is 0 Å². The molecule has 3 aromatic rings. The van der Waals surface area contributed by atoms with E-state index in [4.69, 9.17) is 9.47 Å². The van der Waals surface area contributed by atoms with Crippen molar-refractivity contribution in [2.75, 3.05) is 6.61 Å². The Hall–Kier alpha value is -2.97. The van der Waals surface area contributed by atoms with Crippen molar-refractivity contribution in [3.63, 3.8) is 0 Å². The molecule has 1 aliphatic carbocycles. The molecule has 0 atom stereocenters. The van der Waals surface area contributed by atoms with Crippen LogP contribution in [0.4, 0.5) is 8.78 Å². The summed E-state index contributed by atoms with van der Waals surface area (Å²) in [7, 11) is 0. The van der Waals surface area contributed by atoms with Crippen LogP contribution in [0.25, 0.3) is 16.7 Å². The van der Waals surface area contributed by atoms with Crippen LogP contribution in [-0.4, -0.2) is 33.0 Å². The standard InChI is InChI=1S/C18H18F2N4O3/c1-3-26-18-21-15-12(16(25)22-18)8-24(23-15)14-9(2)6-11(10-4-5-10)7-13(14)27-17(19)20/h6-8,10,17H,3-5H2,1-2H3,(H,21,22,23,25). The molecule has 1 aliphatic rings. The van der Waals surface area contributed by atoms with Crippen molar-refractivity contribution in [1.82, 2.24) is 19.7 Å². The van der Waals surface area contributed by atoms with E-state index < -0.39 is 12.2 Å². The summed E-state index contributed by atoms with van der Waals surface area (Å²) in [6.07, 6.45) is 3.53. The first-order valence-electron chi connectivity index (χ1n) is 8.68. The summed E-state index contributed by atoms with van der Waals surface area (Å²) in [5.74, 6) is 0.411. The smallest absolute Gasteiger partial charge is 0.387 e. The lowest BCUT2D eigenvalue weighted by Crippen LogP contribution is -2.09. The predicted octanol–water partition coefficient (Wildman–Crippen LogP) is 3.29. The van der Waals surface area contributed by atoms with Crippen LogP contribution < -0.4 is 15.0 Å². The van der Waals surface area contributed by atoms with Crippen LogP contribution >= 0.6 is 0 Å². The molecule has 0 spiro atoms. The number of H-pyrrole nitrogens is 1. The Bertz CT molecular complexity index is 1060. The van der Waals surface area contributed by atoms with E-state index in [0.717, 1.165) is 24.0 Å². The van der Waals surface area contributed by atoms with Crippen LogP contribution in [-0.2, 0) is 0 Å². The van der Waals surface area contributed by atoms with Gasteiger partial charge in [0.25, 0.3) is 11.6 Å². The van der Waals surface area contributed by atoms with Gasteiger partial charge in [0.05, 0.1) is 6.61 Å². The van der Waals surface area contributed by atoms with Crippen molar-refractivity contribution < 1.29 is 18.3 Å². The molecule has 2 aromatic heterocycles. The van der Waals surface area contributed by atoms with Gasteiger partial charge in [0.1, 0.15) is 11.1 Å². The molecule has 0 saturated heterocycles. The molecule has 0 unspecified atom stereocenters. The van der Waals surface area contributed by atoms with E-state index >= 15 is 0 Å². The average molecular weight is 376 g/mol. The number of benzene rings is 1. The SMILES string of the molecule is CCOc1nc2nn(-c3c(C)cc(C4CC4)cc3OC(F)F)cc2c(=O)[nH]1. The third-order valence-electron chi connectivity index (χ3n) is 4.43. The summed E-state index contributed by atoms with van der Waals surface area (Å²) in [5, 5.41) is 4.52. The average Bonchev–Trinajstić information content (AvgIpc) is 3.35. The number of alkyl halides is 2. The molecule has 1 fully saturated rings. The van der Waals surface area contributed by atoms with E-state index in [0.29, 0.717) is 18.2 Å². The number of hydrogen-bond donors (Lipinski definition) is 1. The molecule has 1 N–H and O–H groups in total. The number of nitrogens with zero attached hydrogens (tertiary/aromatic N) is 3. The summed E-state index contributed by atoms with van der Waals surface area (Å²) >= 11 is 0. The summed E-state index contributed by atoms with van der Waals surface area (Å²) in [5.41, 5.74) is 1.80. The predicted molar refractivity (Wildman–Crippen MR) is 94.0 cm³/mol. The van der Waals surface area contributed by atoms with E-state index in [1.165, 1.54) is 10.9 Å². The molecule has 0 amide bonds. The van der Waals surface area contributed by atoms with Crippen molar-refractivity contribution in [3.05, 3.63) is 39.8 Å². The van der Waals surface area contributed by atoms with Crippen LogP contribution in [0.15, 0.2) is 23.1 Å². The van der Waals surface area contributed by atoms with Gasteiger partial charge >= 0.3 is 6.61 Å². The minimum atomic E-state index is -2.96. The Labute approximate surface area is 152 Å². The topological polar surface area (TPSA) is 82.0 Å². The van der Waals surface area contributed by atoms with Crippen molar-refractivity contribution >= 4 is 11.0 Å². The number of rotatable bonds is 6. The highest BCUT2D eigenvalue weighted by atomic mass is 19.3. The van der Waals surface area contributed by atoms with Gasteiger partial charge in [-0.25, -0.2) is 4.68 Å². The fourth-order valence-electron chi connectivity index (χ4n) is 3.12. The third kappa shape index (κ3) is 3.36. The number of hydrogen-bond acceptors (Lipinski definition) is 5. The van der Waals surface area contributed by atoms with Gasteiger partial charge in [0, 0.05) is 6.20 Å². The number of aromatic nitrogens is 4. The van der Waals surface area contributed by atoms with Crippen LogP contribution in [0.5, 0.6) is 11.8 Å². The largest absolute Gasteiger partial charge is 0.465 e. The number of fused-ring (bicyclic) bond motifs is 1. The first-order chi connectivity index (χ1) is 13.0. The zero-order chi connectivity index (χ0) is 19.1. The van der Waals surface area contributed by atoms with E-state index in [1.807, 2.05) is 6.07 Å². The lowest BCUT2D eigenvalue weighted by Gasteiger charge is -2.15. The van der Waals surface area contributed by atoms with Gasteiger partial charge in [0.2, 0.25) is 0 Å². The number of ether oxygens (including phenoxy) is 2. The van der Waals surface area contributed by atoms with E-state index in [9.17, 15) is 13.6 Å². The third-order valence-corrected chi connectivity index (χ3v) is 4.43. The molecule has 4 rings (SSSR count). The maximum atomic E-state index is 13.0. The second kappa shape index (κ2) is 6.64. The molecule has 7 nitrogen and oxygen atoms in total. The zero-order valence-electron chi connectivity index (χ0n) is 14.8. The Balaban J connectivity index is 1.86. The first-order valence-corrected chi connectivity index (χ1v) is 8.68. The number of aromatic amines is 1. The van der Waals surface area contributed by atoms with Gasteiger partial charge in [-0.2, -0.15) is 13.8 Å². The fraction of sp³-hybridized carbons (Fsp3) is 0.389. The van der Waals surface area contributed by atoms with Gasteiger partial charge in [0.15, 0.2) is 11.4 Å². The van der Waals surface area contributed by atoms with Gasteiger partial charge in [-0.1, -0.05) is 6.07 Å². The minimum Gasteiger partial charge on any atom is -0.465 e. The maximum absolute atomic E-state index is 13.0. The lowest BCUT2D eigenvalue weighted by molar-refractivity contribution is -0.0499. The summed E-state index contributed by atoms with van der Waals surface area (Å²) < 4.78 is 37.3. The Morgan fingerprint density at radius 2 is 2.15 bits per heavy atom. The Kier molecular flexibility index (Phi) is 4.29. The summed E-state index contributed by atoms with van der Waals surface area (Å²) in [6.45, 7) is 0.939. The van der Waals surface area contributed by atoms with Crippen molar-refractivity contribution in [1.29, 1.82) is 0 Å². The van der Waals surface area contributed by atoms with Gasteiger partial charge < -0.3 is 9.47 Å². The molecule has 0 radical (unpaired) electrons. The van der Waals surface area contributed by atoms with Gasteiger partial charge in [-0.3, -0.25) is 9.78 Å². The van der Waals surface area contributed by atoms with E-state index in [-0.39, 0.29) is 22.8 Å². The highest BCUT2D eigenvalue weighted by molar-refractivity contribution is 5.74. The molecule has 9 heteroatoms. The highest BCUT2D eigenvalue weighted by Crippen LogP contribution is 2.43. The van der Waals surface area contributed by atoms with Crippen LogP contribution in [0, 0.1) is 6.92 Å². The Morgan fingerprint density at radius 1 is 1.37 bits per heavy atom. The van der Waals surface area contributed by atoms with Crippen molar-refractivity contribution in [2.45, 2.75) is 39.2 Å². The van der Waals surface area contributed by atoms with Crippen molar-refractivity contribution in [2.24, 2.45) is 0 Å². The summed E-state index contributed by atoms with van der Waals surface area (Å²) in [4.78, 5) is 18.9. The lowest BCUT2D eigenvalue weighted by atomic mass is 10.0. The minimum absolute atomic E-state index is 0.0289. The molecular formula is C18H18F2N4O3. The molecule has 0 aliphatic heterocycles. The maximum Gasteiger partial charge on any atom is 0.387 e. The number of aryl methyl sites for hydroxylation is 1. The van der Waals surface area contributed by atoms with Crippen molar-refractivity contribution in [3.8, 4) is 17.4 Å². The van der Waals surface area contributed by atoms with Gasteiger partial charge in [-0.05, 0) is 49.8 Å². The fourth-order valence-corrected chi connectivity index (χ4v) is 3.12. The van der Waals surface area contributed by atoms with Gasteiger partial charge in [-0.15, -0.1) is 5.10 Å². The monoisotopic (exact) mass is 376 g/mol. The number of nitrogens with one attached hydrogen (secondary N) is 1. The molecule has 2 heterocycles. The molecule has 1 aromatic carbocycles. The molecule has 0 bridgehead atoms. The second-order valence-corrected chi connectivity index (χ2v) is 6.45. The van der Waals surface area contributed by atoms with Crippen LogP contribution in [0.1, 0.15) is 36.8 Å². The molecule has 27 heavy (non-hydrogen) atoms. The zero-order valence-corrected chi connectivity index (χ0v) is 14.8. The normalized spacial score (nSPS) is 14.1. The highest BCUT2D eigenvalue weighted by Gasteiger charge is 2.27. The second-order valence-electron chi connectivity index (χ2n) is 6.45. The quantitative estimate of drug-likeness (QED) is 0.714. The van der Waals surface area contributed by atoms with Crippen LogP contribution in [0.2, 0.25) is 0 Å². The molecule has 1 saturated carbocycles.